The van der Waals surface area contributed by atoms with E-state index >= 15 is 0 Å². The lowest BCUT2D eigenvalue weighted by molar-refractivity contribution is -0.386. The van der Waals surface area contributed by atoms with Gasteiger partial charge in [-0.25, -0.2) is 0 Å². The number of nitro groups is 1. The molecule has 0 aliphatic carbocycles. The Morgan fingerprint density at radius 2 is 1.94 bits per heavy atom. The molecule has 3 N–H and O–H groups in total. The first-order valence-electron chi connectivity index (χ1n) is 4.14. The summed E-state index contributed by atoms with van der Waals surface area (Å²) in [6.45, 7) is 0. The molecule has 1 aromatic carbocycles. The molecule has 0 radical (unpaired) electrons. The number of phenols is 1. The Morgan fingerprint density at radius 1 is 1.44 bits per heavy atom. The third kappa shape index (κ3) is 3.15. The molecule has 18 heavy (non-hydrogen) atoms. The summed E-state index contributed by atoms with van der Waals surface area (Å²) in [5, 5.41) is 19.5. The number of phenolic OH excluding ortho intramolecular Hbond substituents is 1. The van der Waals surface area contributed by atoms with E-state index in [1.807, 2.05) is 0 Å². The number of aromatic hydroxyl groups is 1. The van der Waals surface area contributed by atoms with Gasteiger partial charge in [0.15, 0.2) is 0 Å². The molecule has 1 aromatic rings. The molecule has 0 unspecified atom stereocenters. The van der Waals surface area contributed by atoms with Gasteiger partial charge in [-0.2, -0.15) is 13.2 Å². The molecule has 0 aliphatic heterocycles. The molecule has 0 amide bonds. The second kappa shape index (κ2) is 5.59. The van der Waals surface area contributed by atoms with Crippen molar-refractivity contribution in [2.24, 2.45) is 5.73 Å². The Hall–Kier alpha value is -1.25. The second-order valence-electron chi connectivity index (χ2n) is 3.11. The van der Waals surface area contributed by atoms with E-state index < -0.39 is 39.2 Å². The number of nitro benzene ring substituents is 1. The van der Waals surface area contributed by atoms with E-state index in [1.165, 1.54) is 0 Å². The third-order valence-electron chi connectivity index (χ3n) is 2.01. The van der Waals surface area contributed by atoms with Crippen molar-refractivity contribution in [3.63, 3.8) is 0 Å². The van der Waals surface area contributed by atoms with Crippen LogP contribution < -0.4 is 5.73 Å². The molecule has 0 fully saturated rings. The number of alkyl halides is 3. The predicted octanol–water partition coefficient (Wildman–Crippen LogP) is 2.94. The van der Waals surface area contributed by atoms with Gasteiger partial charge < -0.3 is 10.8 Å². The summed E-state index contributed by atoms with van der Waals surface area (Å²) in [6.07, 6.45) is -4.92. The molecule has 5 nitrogen and oxygen atoms in total. The van der Waals surface area contributed by atoms with Crippen LogP contribution in [0.3, 0.4) is 0 Å². The van der Waals surface area contributed by atoms with Gasteiger partial charge in [0.1, 0.15) is 11.8 Å². The molecule has 0 bridgehead atoms. The zero-order chi connectivity index (χ0) is 13.4. The first kappa shape index (κ1) is 16.8. The van der Waals surface area contributed by atoms with Crippen LogP contribution in [0.15, 0.2) is 12.1 Å². The standard InChI is InChI=1S/C8H6ClF3N2O3.ClH/c9-3-1-2-4(14(16)17)5(6(3)15)7(13)8(10,11)12;/h1-2,7,15H,13H2;1H/t7-;/m0./s1. The van der Waals surface area contributed by atoms with Crippen molar-refractivity contribution >= 4 is 29.7 Å². The lowest BCUT2D eigenvalue weighted by atomic mass is 10.0. The van der Waals surface area contributed by atoms with Crippen LogP contribution in [0.25, 0.3) is 0 Å². The minimum Gasteiger partial charge on any atom is -0.506 e. The van der Waals surface area contributed by atoms with Gasteiger partial charge in [0.25, 0.3) is 5.69 Å². The van der Waals surface area contributed by atoms with Crippen molar-refractivity contribution in [3.8, 4) is 5.75 Å². The largest absolute Gasteiger partial charge is 0.506 e. The zero-order valence-corrected chi connectivity index (χ0v) is 10.0. The minimum atomic E-state index is -4.92. The van der Waals surface area contributed by atoms with E-state index in [-0.39, 0.29) is 12.4 Å². The van der Waals surface area contributed by atoms with Gasteiger partial charge in [0.2, 0.25) is 0 Å². The van der Waals surface area contributed by atoms with Gasteiger partial charge in [-0.3, -0.25) is 10.1 Å². The van der Waals surface area contributed by atoms with E-state index in [9.17, 15) is 28.4 Å². The highest BCUT2D eigenvalue weighted by molar-refractivity contribution is 6.32. The summed E-state index contributed by atoms with van der Waals surface area (Å²) in [4.78, 5) is 9.47. The highest BCUT2D eigenvalue weighted by Gasteiger charge is 2.43. The lowest BCUT2D eigenvalue weighted by Gasteiger charge is -2.17. The maximum Gasteiger partial charge on any atom is 0.408 e. The Labute approximate surface area is 110 Å². The van der Waals surface area contributed by atoms with E-state index in [2.05, 4.69) is 0 Å². The molecular weight excluding hydrogens is 300 g/mol. The topological polar surface area (TPSA) is 89.4 Å². The number of halogens is 5. The smallest absolute Gasteiger partial charge is 0.408 e. The normalized spacial score (nSPS) is 12.7. The fourth-order valence-corrected chi connectivity index (χ4v) is 1.37. The van der Waals surface area contributed by atoms with Crippen LogP contribution >= 0.6 is 24.0 Å². The number of hydrogen-bond donors (Lipinski definition) is 2. The molecule has 0 spiro atoms. The zero-order valence-electron chi connectivity index (χ0n) is 8.44. The van der Waals surface area contributed by atoms with Crippen LogP contribution in [-0.4, -0.2) is 16.2 Å². The monoisotopic (exact) mass is 306 g/mol. The van der Waals surface area contributed by atoms with Crippen molar-refractivity contribution in [2.45, 2.75) is 12.2 Å². The summed E-state index contributed by atoms with van der Waals surface area (Å²) < 4.78 is 37.2. The fraction of sp³-hybridized carbons (Fsp3) is 0.250. The van der Waals surface area contributed by atoms with Gasteiger partial charge >= 0.3 is 6.18 Å². The van der Waals surface area contributed by atoms with Gasteiger partial charge in [-0.15, -0.1) is 12.4 Å². The first-order valence-corrected chi connectivity index (χ1v) is 4.52. The fourth-order valence-electron chi connectivity index (χ4n) is 1.20. The second-order valence-corrected chi connectivity index (χ2v) is 3.51. The third-order valence-corrected chi connectivity index (χ3v) is 2.31. The molecule has 0 saturated carbocycles. The molecule has 0 heterocycles. The van der Waals surface area contributed by atoms with Crippen molar-refractivity contribution < 1.29 is 23.2 Å². The molecule has 1 atom stereocenters. The highest BCUT2D eigenvalue weighted by atomic mass is 35.5. The maximum absolute atomic E-state index is 12.4. The summed E-state index contributed by atoms with van der Waals surface area (Å²) >= 11 is 5.39. The van der Waals surface area contributed by atoms with E-state index in [1.54, 1.807) is 0 Å². The SMILES string of the molecule is Cl.N[C@@H](c1c([N+](=O)[O-])ccc(Cl)c1O)C(F)(F)F. The van der Waals surface area contributed by atoms with Crippen molar-refractivity contribution in [2.75, 3.05) is 0 Å². The van der Waals surface area contributed by atoms with Crippen molar-refractivity contribution in [3.05, 3.63) is 32.8 Å². The lowest BCUT2D eigenvalue weighted by Crippen LogP contribution is -2.29. The van der Waals surface area contributed by atoms with Crippen molar-refractivity contribution in [1.29, 1.82) is 0 Å². The molecule has 10 heteroatoms. The van der Waals surface area contributed by atoms with Crippen LogP contribution in [0, 0.1) is 10.1 Å². The van der Waals surface area contributed by atoms with Gasteiger partial charge in [0, 0.05) is 6.07 Å². The highest BCUT2D eigenvalue weighted by Crippen LogP contribution is 2.43. The molecule has 1 rings (SSSR count). The van der Waals surface area contributed by atoms with Crippen LogP contribution in [0.1, 0.15) is 11.6 Å². The number of nitrogens with two attached hydrogens (primary N) is 1. The minimum absolute atomic E-state index is 0. The van der Waals surface area contributed by atoms with Crippen molar-refractivity contribution in [1.82, 2.24) is 0 Å². The van der Waals surface area contributed by atoms with Crippen LogP contribution in [0.5, 0.6) is 5.75 Å². The summed E-state index contributed by atoms with van der Waals surface area (Å²) in [5.41, 5.74) is 2.85. The van der Waals surface area contributed by atoms with Gasteiger partial charge in [0.05, 0.1) is 15.5 Å². The average Bonchev–Trinajstić information content (AvgIpc) is 2.19. The van der Waals surface area contributed by atoms with Gasteiger partial charge in [-0.05, 0) is 6.07 Å². The Bertz CT molecular complexity index is 468. The maximum atomic E-state index is 12.4. The van der Waals surface area contributed by atoms with Crippen LogP contribution in [0.2, 0.25) is 5.02 Å². The Morgan fingerprint density at radius 3 is 2.33 bits per heavy atom. The number of hydrogen-bond acceptors (Lipinski definition) is 4. The number of nitrogens with zero attached hydrogens (tertiary/aromatic N) is 1. The Kier molecular flexibility index (Phi) is 5.21. The molecule has 0 aliphatic rings. The number of rotatable bonds is 2. The van der Waals surface area contributed by atoms with Crippen LogP contribution in [-0.2, 0) is 0 Å². The molecule has 0 saturated heterocycles. The quantitative estimate of drug-likeness (QED) is 0.649. The summed E-state index contributed by atoms with van der Waals surface area (Å²) in [7, 11) is 0. The van der Waals surface area contributed by atoms with E-state index in [0.717, 1.165) is 12.1 Å². The number of benzene rings is 1. The summed E-state index contributed by atoms with van der Waals surface area (Å²) in [6, 6.07) is -1.01. The molecule has 0 aromatic heterocycles. The average molecular weight is 307 g/mol. The van der Waals surface area contributed by atoms with E-state index in [4.69, 9.17) is 17.3 Å². The molecular formula is C8H7Cl2F3N2O3. The first-order chi connectivity index (χ1) is 7.66. The summed E-state index contributed by atoms with van der Waals surface area (Å²) in [5.74, 6) is -1.04. The molecule has 102 valence electrons. The van der Waals surface area contributed by atoms with Gasteiger partial charge in [-0.1, -0.05) is 11.6 Å². The van der Waals surface area contributed by atoms with Crippen LogP contribution in [0.4, 0.5) is 18.9 Å². The Balaban J connectivity index is 0.00000289. The van der Waals surface area contributed by atoms with E-state index in [0.29, 0.717) is 0 Å². The predicted molar refractivity (Wildman–Crippen MR) is 60.0 cm³/mol.